The van der Waals surface area contributed by atoms with Crippen LogP contribution in [-0.4, -0.2) is 39.2 Å². The molecule has 0 bridgehead atoms. The van der Waals surface area contributed by atoms with E-state index in [0.29, 0.717) is 11.5 Å². The number of para-hydroxylation sites is 1. The van der Waals surface area contributed by atoms with Crippen molar-refractivity contribution in [2.75, 3.05) is 14.1 Å². The lowest BCUT2D eigenvalue weighted by atomic mass is 9.81. The van der Waals surface area contributed by atoms with Gasteiger partial charge >= 0.3 is 5.97 Å². The zero-order valence-electron chi connectivity index (χ0n) is 19.5. The summed E-state index contributed by atoms with van der Waals surface area (Å²) in [7, 11) is 4.25. The van der Waals surface area contributed by atoms with Gasteiger partial charge in [-0.15, -0.1) is 0 Å². The van der Waals surface area contributed by atoms with Gasteiger partial charge in [0.05, 0.1) is 16.8 Å². The highest BCUT2D eigenvalue weighted by Crippen LogP contribution is 2.47. The Morgan fingerprint density at radius 3 is 2.64 bits per heavy atom. The molecule has 3 heterocycles. The lowest BCUT2D eigenvalue weighted by Gasteiger charge is -2.23. The summed E-state index contributed by atoms with van der Waals surface area (Å²) in [5, 5.41) is 12.3. The number of nitrogens with zero attached hydrogens (tertiary/aromatic N) is 3. The van der Waals surface area contributed by atoms with E-state index < -0.39 is 5.97 Å². The number of fused-ring (bicyclic) bond motifs is 4. The summed E-state index contributed by atoms with van der Waals surface area (Å²) in [6.45, 7) is 2.66. The number of aromatic carboxylic acids is 1. The Bertz CT molecular complexity index is 1390. The van der Waals surface area contributed by atoms with Gasteiger partial charge in [-0.3, -0.25) is 0 Å². The highest BCUT2D eigenvalue weighted by molar-refractivity contribution is 6.03. The van der Waals surface area contributed by atoms with Gasteiger partial charge in [0.25, 0.3) is 0 Å². The Balaban J connectivity index is 1.67. The minimum atomic E-state index is -0.859. The minimum absolute atomic E-state index is 0.369. The zero-order chi connectivity index (χ0) is 22.7. The predicted octanol–water partition coefficient (Wildman–Crippen LogP) is 6.08. The largest absolute Gasteiger partial charge is 0.478 e. The molecule has 33 heavy (non-hydrogen) atoms. The molecule has 1 aliphatic carbocycles. The fourth-order valence-corrected chi connectivity index (χ4v) is 6.31. The van der Waals surface area contributed by atoms with Gasteiger partial charge in [-0.05, 0) is 56.1 Å². The number of carboxylic acid groups (broad SMARTS) is 1. The molecule has 5 nitrogen and oxygen atoms in total. The summed E-state index contributed by atoms with van der Waals surface area (Å²) in [6.07, 6.45) is 8.63. The minimum Gasteiger partial charge on any atom is -0.478 e. The maximum atomic E-state index is 11.8. The third-order valence-corrected chi connectivity index (χ3v) is 7.65. The van der Waals surface area contributed by atoms with Crippen LogP contribution in [0.25, 0.3) is 33.1 Å². The molecule has 1 N–H and O–H groups in total. The smallest absolute Gasteiger partial charge is 0.335 e. The van der Waals surface area contributed by atoms with Crippen LogP contribution >= 0.6 is 0 Å². The molecule has 1 fully saturated rings. The zero-order valence-corrected chi connectivity index (χ0v) is 19.5. The first-order valence-electron chi connectivity index (χ1n) is 12.2. The van der Waals surface area contributed by atoms with Crippen molar-refractivity contribution >= 4 is 27.8 Å². The lowest BCUT2D eigenvalue weighted by Crippen LogP contribution is -2.10. The fourth-order valence-electron chi connectivity index (χ4n) is 6.31. The summed E-state index contributed by atoms with van der Waals surface area (Å²) in [4.78, 5) is 14.0. The third kappa shape index (κ3) is 3.21. The first-order valence-corrected chi connectivity index (χ1v) is 12.2. The fraction of sp³-hybridized carbons (Fsp3) is 0.393. The molecular weight excluding hydrogens is 410 g/mol. The van der Waals surface area contributed by atoms with Crippen LogP contribution in [0.15, 0.2) is 42.6 Å². The molecule has 2 aromatic carbocycles. The van der Waals surface area contributed by atoms with E-state index >= 15 is 0 Å². The predicted molar refractivity (Wildman–Crippen MR) is 133 cm³/mol. The van der Waals surface area contributed by atoms with Crippen molar-refractivity contribution < 1.29 is 9.90 Å². The molecule has 5 heteroatoms. The van der Waals surface area contributed by atoms with Gasteiger partial charge in [-0.1, -0.05) is 43.5 Å². The monoisotopic (exact) mass is 441 g/mol. The van der Waals surface area contributed by atoms with E-state index in [0.717, 1.165) is 25.2 Å². The van der Waals surface area contributed by atoms with Crippen LogP contribution in [-0.2, 0) is 19.6 Å². The summed E-state index contributed by atoms with van der Waals surface area (Å²) in [5.74, 6) is -0.326. The molecule has 170 valence electrons. The van der Waals surface area contributed by atoms with Gasteiger partial charge in [0.15, 0.2) is 0 Å². The van der Waals surface area contributed by atoms with Crippen LogP contribution in [0.2, 0.25) is 0 Å². The van der Waals surface area contributed by atoms with Gasteiger partial charge in [-0.25, -0.2) is 4.79 Å². The third-order valence-electron chi connectivity index (χ3n) is 7.65. The highest BCUT2D eigenvalue weighted by atomic mass is 16.4. The topological polar surface area (TPSA) is 50.4 Å². The van der Waals surface area contributed by atoms with Gasteiger partial charge < -0.3 is 19.1 Å². The Hall–Kier alpha value is -3.05. The summed E-state index contributed by atoms with van der Waals surface area (Å²) in [5.41, 5.74) is 8.19. The number of aromatic nitrogens is 2. The van der Waals surface area contributed by atoms with Crippen molar-refractivity contribution in [2.24, 2.45) is 0 Å². The van der Waals surface area contributed by atoms with Crippen molar-refractivity contribution in [3.8, 4) is 11.3 Å². The number of rotatable bonds is 4. The highest BCUT2D eigenvalue weighted by Gasteiger charge is 2.30. The molecule has 2 aliphatic rings. The van der Waals surface area contributed by atoms with Crippen molar-refractivity contribution in [3.63, 3.8) is 0 Å². The molecule has 0 radical (unpaired) electrons. The molecule has 0 atom stereocenters. The van der Waals surface area contributed by atoms with E-state index in [4.69, 9.17) is 0 Å². The maximum absolute atomic E-state index is 11.8. The molecule has 0 saturated heterocycles. The van der Waals surface area contributed by atoms with Crippen LogP contribution in [0.4, 0.5) is 0 Å². The van der Waals surface area contributed by atoms with Crippen LogP contribution in [0, 0.1) is 0 Å². The second-order valence-corrected chi connectivity index (χ2v) is 10.1. The number of carbonyl (C=O) groups is 1. The Kier molecular flexibility index (Phi) is 4.84. The van der Waals surface area contributed by atoms with Gasteiger partial charge in [0, 0.05) is 47.7 Å². The van der Waals surface area contributed by atoms with Crippen LogP contribution in [0.5, 0.6) is 0 Å². The van der Waals surface area contributed by atoms with E-state index in [-0.39, 0.29) is 0 Å². The molecule has 0 unspecified atom stereocenters. The van der Waals surface area contributed by atoms with E-state index in [9.17, 15) is 9.90 Å². The van der Waals surface area contributed by atoms with Crippen LogP contribution in [0.3, 0.4) is 0 Å². The average Bonchev–Trinajstić information content (AvgIpc) is 3.27. The normalized spacial score (nSPS) is 16.5. The van der Waals surface area contributed by atoms with E-state index in [1.165, 1.54) is 70.8 Å². The number of hydrogen-bond acceptors (Lipinski definition) is 2. The number of hydrogen-bond donors (Lipinski definition) is 1. The first-order chi connectivity index (χ1) is 16.0. The van der Waals surface area contributed by atoms with Gasteiger partial charge in [-0.2, -0.15) is 0 Å². The van der Waals surface area contributed by atoms with Crippen LogP contribution in [0.1, 0.15) is 59.5 Å². The van der Waals surface area contributed by atoms with E-state index in [1.54, 1.807) is 6.07 Å². The van der Waals surface area contributed by atoms with Crippen molar-refractivity contribution in [1.29, 1.82) is 0 Å². The summed E-state index contributed by atoms with van der Waals surface area (Å²) in [6, 6.07) is 12.5. The SMILES string of the molecule is CN(C)Cc1cn2c3c(cccc13)-c1c(C3CCCCC3)c3ccc(C(=O)O)cc3n1CC2. The molecule has 1 saturated carbocycles. The van der Waals surface area contributed by atoms with Crippen LogP contribution < -0.4 is 0 Å². The maximum Gasteiger partial charge on any atom is 0.335 e. The quantitative estimate of drug-likeness (QED) is 0.417. The van der Waals surface area contributed by atoms with Crippen molar-refractivity contribution in [1.82, 2.24) is 14.0 Å². The molecule has 4 aromatic rings. The number of benzene rings is 2. The molecule has 6 rings (SSSR count). The second-order valence-electron chi connectivity index (χ2n) is 10.1. The van der Waals surface area contributed by atoms with E-state index in [1.807, 2.05) is 6.07 Å². The number of carboxylic acids is 1. The molecule has 2 aromatic heterocycles. The number of aryl methyl sites for hydroxylation is 2. The summed E-state index contributed by atoms with van der Waals surface area (Å²) < 4.78 is 4.84. The Labute approximate surface area is 194 Å². The standard InChI is InChI=1S/C28H31N3O2/c1-29(2)16-20-17-30-13-14-31-24-15-19(28(32)33)11-12-22(24)25(18-7-4-3-5-8-18)27(31)23-10-6-9-21(20)26(23)30/h6,9-12,15,17-18H,3-5,7-8,13-14,16H2,1-2H3,(H,32,33). The van der Waals surface area contributed by atoms with Gasteiger partial charge in [0.2, 0.25) is 0 Å². The summed E-state index contributed by atoms with van der Waals surface area (Å²) >= 11 is 0. The molecule has 0 amide bonds. The molecule has 0 spiro atoms. The Morgan fingerprint density at radius 2 is 1.88 bits per heavy atom. The average molecular weight is 442 g/mol. The van der Waals surface area contributed by atoms with Crippen molar-refractivity contribution in [3.05, 3.63) is 59.3 Å². The van der Waals surface area contributed by atoms with Crippen molar-refractivity contribution in [2.45, 2.75) is 57.7 Å². The molecule has 1 aliphatic heterocycles. The second kappa shape index (κ2) is 7.77. The lowest BCUT2D eigenvalue weighted by molar-refractivity contribution is 0.0697. The first kappa shape index (κ1) is 20.5. The molecular formula is C28H31N3O2. The Morgan fingerprint density at radius 1 is 1.06 bits per heavy atom. The van der Waals surface area contributed by atoms with E-state index in [2.05, 4.69) is 58.6 Å². The van der Waals surface area contributed by atoms with Gasteiger partial charge in [0.1, 0.15) is 0 Å².